The monoisotopic (exact) mass is 315 g/mol. The Morgan fingerprint density at radius 2 is 1.86 bits per heavy atom. The topological polar surface area (TPSA) is 12.0 Å². The molecule has 3 heteroatoms. The maximum atomic E-state index is 6.42. The molecule has 0 aromatic heterocycles. The Morgan fingerprint density at radius 3 is 2.71 bits per heavy atom. The van der Waals surface area contributed by atoms with E-state index in [2.05, 4.69) is 41.7 Å². The van der Waals surface area contributed by atoms with Crippen LogP contribution in [0, 0.1) is 5.92 Å². The highest BCUT2D eigenvalue weighted by atomic mass is 35.5. The SMILES string of the molecule is Clc1ccc2c(c1)[C@@H]1C=CC[C@@H]1[C@H](c1ccccc1Cl)N2. The first-order valence-electron chi connectivity index (χ1n) is 7.21. The second-order valence-electron chi connectivity index (χ2n) is 5.73. The number of hydrogen-bond donors (Lipinski definition) is 1. The van der Waals surface area contributed by atoms with E-state index in [-0.39, 0.29) is 6.04 Å². The zero-order valence-electron chi connectivity index (χ0n) is 11.4. The second-order valence-corrected chi connectivity index (χ2v) is 6.57. The first kappa shape index (κ1) is 13.2. The summed E-state index contributed by atoms with van der Waals surface area (Å²) in [6, 6.07) is 14.5. The van der Waals surface area contributed by atoms with Crippen LogP contribution in [-0.2, 0) is 0 Å². The lowest BCUT2D eigenvalue weighted by atomic mass is 9.77. The average Bonchev–Trinajstić information content (AvgIpc) is 2.97. The van der Waals surface area contributed by atoms with Crippen molar-refractivity contribution in [2.75, 3.05) is 5.32 Å². The summed E-state index contributed by atoms with van der Waals surface area (Å²) in [5.74, 6) is 0.914. The van der Waals surface area contributed by atoms with Crippen LogP contribution in [0.25, 0.3) is 0 Å². The van der Waals surface area contributed by atoms with Crippen LogP contribution in [0.1, 0.15) is 29.5 Å². The van der Waals surface area contributed by atoms with Crippen molar-refractivity contribution >= 4 is 28.9 Å². The van der Waals surface area contributed by atoms with Crippen molar-refractivity contribution < 1.29 is 0 Å². The average molecular weight is 316 g/mol. The van der Waals surface area contributed by atoms with E-state index in [9.17, 15) is 0 Å². The van der Waals surface area contributed by atoms with Gasteiger partial charge in [-0.15, -0.1) is 0 Å². The van der Waals surface area contributed by atoms with Crippen LogP contribution in [0.5, 0.6) is 0 Å². The summed E-state index contributed by atoms with van der Waals surface area (Å²) in [5, 5.41) is 5.30. The van der Waals surface area contributed by atoms with Gasteiger partial charge in [-0.2, -0.15) is 0 Å². The zero-order valence-corrected chi connectivity index (χ0v) is 12.9. The number of allylic oxidation sites excluding steroid dienone is 2. The first-order chi connectivity index (χ1) is 10.2. The van der Waals surface area contributed by atoms with Crippen LogP contribution >= 0.6 is 23.2 Å². The number of fused-ring (bicyclic) bond motifs is 3. The summed E-state index contributed by atoms with van der Waals surface area (Å²) in [6.07, 6.45) is 5.65. The minimum atomic E-state index is 0.243. The summed E-state index contributed by atoms with van der Waals surface area (Å²) >= 11 is 12.6. The van der Waals surface area contributed by atoms with Crippen LogP contribution in [0.2, 0.25) is 10.0 Å². The number of benzene rings is 2. The normalized spacial score (nSPS) is 26.1. The minimum absolute atomic E-state index is 0.243. The van der Waals surface area contributed by atoms with Gasteiger partial charge in [0, 0.05) is 21.7 Å². The molecule has 4 rings (SSSR count). The van der Waals surface area contributed by atoms with Crippen molar-refractivity contribution in [1.82, 2.24) is 0 Å². The van der Waals surface area contributed by atoms with Gasteiger partial charge in [0.05, 0.1) is 6.04 Å². The molecule has 1 aliphatic carbocycles. The van der Waals surface area contributed by atoms with Crippen molar-refractivity contribution in [2.24, 2.45) is 5.92 Å². The number of halogens is 2. The maximum Gasteiger partial charge on any atom is 0.0568 e. The molecule has 2 aliphatic rings. The molecule has 1 N–H and O–H groups in total. The van der Waals surface area contributed by atoms with Crippen molar-refractivity contribution in [1.29, 1.82) is 0 Å². The third kappa shape index (κ3) is 2.16. The van der Waals surface area contributed by atoms with E-state index in [0.29, 0.717) is 11.8 Å². The molecule has 3 atom stereocenters. The molecular formula is C18H15Cl2N. The fourth-order valence-corrected chi connectivity index (χ4v) is 4.03. The van der Waals surface area contributed by atoms with Gasteiger partial charge in [-0.1, -0.05) is 53.6 Å². The molecule has 0 unspecified atom stereocenters. The van der Waals surface area contributed by atoms with Gasteiger partial charge >= 0.3 is 0 Å². The van der Waals surface area contributed by atoms with E-state index in [1.54, 1.807) is 0 Å². The molecule has 1 nitrogen and oxygen atoms in total. The molecule has 1 aliphatic heterocycles. The smallest absolute Gasteiger partial charge is 0.0568 e. The fourth-order valence-electron chi connectivity index (χ4n) is 3.60. The Morgan fingerprint density at radius 1 is 1.00 bits per heavy atom. The molecule has 0 bridgehead atoms. The van der Waals surface area contributed by atoms with Gasteiger partial charge in [0.15, 0.2) is 0 Å². The Bertz CT molecular complexity index is 723. The summed E-state index contributed by atoms with van der Waals surface area (Å²) in [7, 11) is 0. The third-order valence-electron chi connectivity index (χ3n) is 4.57. The van der Waals surface area contributed by atoms with Gasteiger partial charge in [-0.25, -0.2) is 0 Å². The summed E-state index contributed by atoms with van der Waals surface area (Å²) in [5.41, 5.74) is 3.64. The van der Waals surface area contributed by atoms with Crippen molar-refractivity contribution in [2.45, 2.75) is 18.4 Å². The van der Waals surface area contributed by atoms with Gasteiger partial charge in [-0.05, 0) is 47.7 Å². The summed E-state index contributed by atoms with van der Waals surface area (Å²) in [4.78, 5) is 0. The molecule has 0 saturated heterocycles. The lowest BCUT2D eigenvalue weighted by Crippen LogP contribution is -2.29. The number of nitrogens with one attached hydrogen (secondary N) is 1. The Hall–Kier alpha value is -1.44. The minimum Gasteiger partial charge on any atom is -0.378 e. The van der Waals surface area contributed by atoms with Gasteiger partial charge in [0.2, 0.25) is 0 Å². The van der Waals surface area contributed by atoms with Crippen LogP contribution in [0.15, 0.2) is 54.6 Å². The zero-order chi connectivity index (χ0) is 14.4. The van der Waals surface area contributed by atoms with E-state index in [0.717, 1.165) is 22.2 Å². The molecule has 0 spiro atoms. The van der Waals surface area contributed by atoms with Crippen LogP contribution in [0.4, 0.5) is 5.69 Å². The van der Waals surface area contributed by atoms with Gasteiger partial charge < -0.3 is 5.32 Å². The Balaban J connectivity index is 1.82. The molecule has 0 radical (unpaired) electrons. The first-order valence-corrected chi connectivity index (χ1v) is 7.97. The molecular weight excluding hydrogens is 301 g/mol. The molecule has 2 aromatic rings. The highest BCUT2D eigenvalue weighted by Crippen LogP contribution is 2.51. The summed E-state index contributed by atoms with van der Waals surface area (Å²) < 4.78 is 0. The summed E-state index contributed by atoms with van der Waals surface area (Å²) in [6.45, 7) is 0. The van der Waals surface area contributed by atoms with Crippen molar-refractivity contribution in [3.63, 3.8) is 0 Å². The highest BCUT2D eigenvalue weighted by molar-refractivity contribution is 6.31. The number of hydrogen-bond acceptors (Lipinski definition) is 1. The van der Waals surface area contributed by atoms with Crippen LogP contribution in [0.3, 0.4) is 0 Å². The van der Waals surface area contributed by atoms with E-state index in [1.165, 1.54) is 11.1 Å². The predicted octanol–water partition coefficient (Wildman–Crippen LogP) is 5.82. The van der Waals surface area contributed by atoms with Crippen molar-refractivity contribution in [3.8, 4) is 0 Å². The molecule has 0 amide bonds. The van der Waals surface area contributed by atoms with Crippen LogP contribution < -0.4 is 5.32 Å². The van der Waals surface area contributed by atoms with Gasteiger partial charge in [0.1, 0.15) is 0 Å². The largest absolute Gasteiger partial charge is 0.378 e. The van der Waals surface area contributed by atoms with Crippen LogP contribution in [-0.4, -0.2) is 0 Å². The highest BCUT2D eigenvalue weighted by Gasteiger charge is 2.38. The standard InChI is InChI=1S/C18H15Cl2N/c19-11-8-9-17-15(10-11)12-5-3-6-13(12)18(21-17)14-4-1-2-7-16(14)20/h1-5,7-10,12-13,18,21H,6H2/t12-,13+,18-/m1/s1. The third-order valence-corrected chi connectivity index (χ3v) is 5.14. The van der Waals surface area contributed by atoms with E-state index in [4.69, 9.17) is 23.2 Å². The van der Waals surface area contributed by atoms with E-state index in [1.807, 2.05) is 18.2 Å². The fraction of sp³-hybridized carbons (Fsp3) is 0.222. The van der Waals surface area contributed by atoms with Crippen molar-refractivity contribution in [3.05, 3.63) is 75.8 Å². The molecule has 0 saturated carbocycles. The van der Waals surface area contributed by atoms with E-state index >= 15 is 0 Å². The lowest BCUT2D eigenvalue weighted by molar-refractivity contribution is 0.426. The Labute approximate surface area is 134 Å². The quantitative estimate of drug-likeness (QED) is 0.654. The van der Waals surface area contributed by atoms with E-state index < -0.39 is 0 Å². The maximum absolute atomic E-state index is 6.42. The lowest BCUT2D eigenvalue weighted by Gasteiger charge is -2.38. The predicted molar refractivity (Wildman–Crippen MR) is 89.3 cm³/mol. The Kier molecular flexibility index (Phi) is 3.20. The molecule has 0 fully saturated rings. The number of anilines is 1. The molecule has 1 heterocycles. The second kappa shape index (κ2) is 5.08. The molecule has 21 heavy (non-hydrogen) atoms. The van der Waals surface area contributed by atoms with Gasteiger partial charge in [0.25, 0.3) is 0 Å². The van der Waals surface area contributed by atoms with Gasteiger partial charge in [-0.3, -0.25) is 0 Å². The molecule has 2 aromatic carbocycles. The molecule has 106 valence electrons. The number of rotatable bonds is 1.